The SMILES string of the molecule is N#C/C(=C\c1cc(Br)ccc1OS(=O)(=O)c1ccccc1)C(=O)Nc1cccc(Cl)c1Cl. The number of carbonyl (C=O) groups is 1. The minimum Gasteiger partial charge on any atom is -0.378 e. The van der Waals surface area contributed by atoms with Gasteiger partial charge in [-0.1, -0.05) is 63.4 Å². The number of benzene rings is 3. The molecule has 1 amide bonds. The van der Waals surface area contributed by atoms with Crippen LogP contribution in [0.5, 0.6) is 5.75 Å². The van der Waals surface area contributed by atoms with E-state index in [0.717, 1.165) is 0 Å². The van der Waals surface area contributed by atoms with Crippen molar-refractivity contribution in [1.29, 1.82) is 5.26 Å². The van der Waals surface area contributed by atoms with Gasteiger partial charge in [0.15, 0.2) is 0 Å². The normalized spacial score (nSPS) is 11.5. The molecule has 0 bridgehead atoms. The van der Waals surface area contributed by atoms with Gasteiger partial charge in [-0.2, -0.15) is 13.7 Å². The van der Waals surface area contributed by atoms with Gasteiger partial charge in [-0.15, -0.1) is 0 Å². The molecule has 0 aliphatic rings. The van der Waals surface area contributed by atoms with Crippen LogP contribution in [0.3, 0.4) is 0 Å². The summed E-state index contributed by atoms with van der Waals surface area (Å²) < 4.78 is 31.1. The van der Waals surface area contributed by atoms with Gasteiger partial charge in [0.2, 0.25) is 0 Å². The molecule has 0 fully saturated rings. The molecule has 6 nitrogen and oxygen atoms in total. The Balaban J connectivity index is 1.96. The molecular weight excluding hydrogens is 539 g/mol. The van der Waals surface area contributed by atoms with Crippen molar-refractivity contribution < 1.29 is 17.4 Å². The van der Waals surface area contributed by atoms with Crippen molar-refractivity contribution in [2.45, 2.75) is 4.90 Å². The number of carbonyl (C=O) groups excluding carboxylic acids is 1. The molecule has 3 aromatic carbocycles. The quantitative estimate of drug-likeness (QED) is 0.228. The molecule has 0 heterocycles. The van der Waals surface area contributed by atoms with Gasteiger partial charge in [0.25, 0.3) is 5.91 Å². The van der Waals surface area contributed by atoms with Crippen molar-refractivity contribution in [1.82, 2.24) is 0 Å². The Bertz CT molecular complexity index is 1350. The molecule has 10 heteroatoms. The summed E-state index contributed by atoms with van der Waals surface area (Å²) in [5.74, 6) is -0.813. The van der Waals surface area contributed by atoms with Gasteiger partial charge < -0.3 is 9.50 Å². The summed E-state index contributed by atoms with van der Waals surface area (Å²) >= 11 is 15.3. The number of hydrogen-bond donors (Lipinski definition) is 1. The number of rotatable bonds is 6. The summed E-state index contributed by atoms with van der Waals surface area (Å²) in [6, 6.07) is 18.6. The Morgan fingerprint density at radius 3 is 2.47 bits per heavy atom. The lowest BCUT2D eigenvalue weighted by Gasteiger charge is -2.11. The third kappa shape index (κ3) is 5.69. The van der Waals surface area contributed by atoms with Gasteiger partial charge in [0, 0.05) is 10.0 Å². The molecule has 32 heavy (non-hydrogen) atoms. The summed E-state index contributed by atoms with van der Waals surface area (Å²) in [7, 11) is -4.13. The van der Waals surface area contributed by atoms with Crippen LogP contribution in [0, 0.1) is 11.3 Å². The van der Waals surface area contributed by atoms with Gasteiger partial charge in [-0.05, 0) is 48.5 Å². The highest BCUT2D eigenvalue weighted by Gasteiger charge is 2.19. The predicted octanol–water partition coefficient (Wildman–Crippen LogP) is 6.07. The number of amides is 1. The van der Waals surface area contributed by atoms with E-state index in [1.54, 1.807) is 42.5 Å². The van der Waals surface area contributed by atoms with Crippen LogP contribution in [0.25, 0.3) is 6.08 Å². The zero-order chi connectivity index (χ0) is 23.3. The molecule has 0 aromatic heterocycles. The first-order valence-corrected chi connectivity index (χ1v) is 11.8. The highest BCUT2D eigenvalue weighted by atomic mass is 79.9. The van der Waals surface area contributed by atoms with Gasteiger partial charge in [0.05, 0.1) is 15.7 Å². The monoisotopic (exact) mass is 550 g/mol. The van der Waals surface area contributed by atoms with Crippen LogP contribution in [0.4, 0.5) is 5.69 Å². The Morgan fingerprint density at radius 2 is 1.78 bits per heavy atom. The van der Waals surface area contributed by atoms with E-state index in [4.69, 9.17) is 27.4 Å². The molecule has 1 N–H and O–H groups in total. The summed E-state index contributed by atoms with van der Waals surface area (Å²) in [5.41, 5.74) is 0.117. The van der Waals surface area contributed by atoms with Crippen LogP contribution in [0.2, 0.25) is 10.0 Å². The molecule has 0 spiro atoms. The molecule has 0 saturated carbocycles. The second kappa shape index (κ2) is 10.2. The number of halogens is 3. The Kier molecular flexibility index (Phi) is 7.59. The van der Waals surface area contributed by atoms with E-state index in [0.29, 0.717) is 4.47 Å². The number of hydrogen-bond acceptors (Lipinski definition) is 5. The maximum absolute atomic E-state index is 12.6. The average molecular weight is 552 g/mol. The van der Waals surface area contributed by atoms with Gasteiger partial charge >= 0.3 is 10.1 Å². The molecule has 0 unspecified atom stereocenters. The lowest BCUT2D eigenvalue weighted by Crippen LogP contribution is -2.14. The topological polar surface area (TPSA) is 96.3 Å². The maximum atomic E-state index is 12.6. The maximum Gasteiger partial charge on any atom is 0.339 e. The van der Waals surface area contributed by atoms with Crippen LogP contribution < -0.4 is 9.50 Å². The van der Waals surface area contributed by atoms with Crippen LogP contribution in [-0.2, 0) is 14.9 Å². The van der Waals surface area contributed by atoms with Crippen LogP contribution in [0.1, 0.15) is 5.56 Å². The first-order valence-electron chi connectivity index (χ1n) is 8.87. The van der Waals surface area contributed by atoms with Crippen molar-refractivity contribution in [3.05, 3.63) is 92.4 Å². The zero-order valence-corrected chi connectivity index (χ0v) is 20.0. The summed E-state index contributed by atoms with van der Waals surface area (Å²) in [6.07, 6.45) is 1.22. The largest absolute Gasteiger partial charge is 0.378 e. The van der Waals surface area contributed by atoms with Crippen LogP contribution in [0.15, 0.2) is 81.7 Å². The Hall–Kier alpha value is -2.83. The summed E-state index contributed by atoms with van der Waals surface area (Å²) in [6.45, 7) is 0. The fraction of sp³-hybridized carbons (Fsp3) is 0. The highest BCUT2D eigenvalue weighted by molar-refractivity contribution is 9.10. The average Bonchev–Trinajstić information content (AvgIpc) is 2.77. The zero-order valence-electron chi connectivity index (χ0n) is 16.1. The summed E-state index contributed by atoms with van der Waals surface area (Å²) in [4.78, 5) is 12.6. The third-order valence-corrected chi connectivity index (χ3v) is 6.63. The first-order chi connectivity index (χ1) is 15.2. The third-order valence-electron chi connectivity index (χ3n) is 4.07. The smallest absolute Gasteiger partial charge is 0.339 e. The molecule has 3 aromatic rings. The minimum atomic E-state index is -4.13. The van der Waals surface area contributed by atoms with E-state index in [9.17, 15) is 18.5 Å². The lowest BCUT2D eigenvalue weighted by atomic mass is 10.1. The number of nitrogens with one attached hydrogen (secondary N) is 1. The van der Waals surface area contributed by atoms with Gasteiger partial charge in [0.1, 0.15) is 22.3 Å². The molecular formula is C22H13BrCl2N2O4S. The summed E-state index contributed by atoms with van der Waals surface area (Å²) in [5, 5.41) is 12.4. The fourth-order valence-electron chi connectivity index (χ4n) is 2.56. The molecule has 0 radical (unpaired) electrons. The standard InChI is InChI=1S/C22H13BrCl2N2O4S/c23-16-9-10-20(31-32(29,30)17-5-2-1-3-6-17)14(12-16)11-15(13-26)22(28)27-19-8-4-7-18(24)21(19)25/h1-12H,(H,27,28)/b15-11+. The number of anilines is 1. The molecule has 0 aliphatic carbocycles. The minimum absolute atomic E-state index is 0.0355. The molecule has 0 atom stereocenters. The van der Waals surface area contributed by atoms with Crippen LogP contribution >= 0.6 is 39.1 Å². The van der Waals surface area contributed by atoms with E-state index in [1.165, 1.54) is 36.4 Å². The number of nitriles is 1. The van der Waals surface area contributed by atoms with E-state index in [1.807, 2.05) is 0 Å². The van der Waals surface area contributed by atoms with E-state index in [2.05, 4.69) is 21.2 Å². The molecule has 0 aliphatic heterocycles. The van der Waals surface area contributed by atoms with Gasteiger partial charge in [-0.25, -0.2) is 0 Å². The van der Waals surface area contributed by atoms with Crippen LogP contribution in [-0.4, -0.2) is 14.3 Å². The fourth-order valence-corrected chi connectivity index (χ4v) is 4.26. The van der Waals surface area contributed by atoms with Crippen molar-refractivity contribution in [3.8, 4) is 11.8 Å². The molecule has 0 saturated heterocycles. The first kappa shape index (κ1) is 23.8. The van der Waals surface area contributed by atoms with Crippen molar-refractivity contribution in [3.63, 3.8) is 0 Å². The van der Waals surface area contributed by atoms with Crippen molar-refractivity contribution >= 4 is 66.9 Å². The molecule has 3 rings (SSSR count). The Labute approximate surface area is 203 Å². The Morgan fingerprint density at radius 1 is 1.06 bits per heavy atom. The van der Waals surface area contributed by atoms with E-state index >= 15 is 0 Å². The number of nitrogens with zero attached hydrogens (tertiary/aromatic N) is 1. The molecule has 162 valence electrons. The highest BCUT2D eigenvalue weighted by Crippen LogP contribution is 2.31. The second-order valence-electron chi connectivity index (χ2n) is 6.26. The van der Waals surface area contributed by atoms with E-state index in [-0.39, 0.29) is 37.5 Å². The van der Waals surface area contributed by atoms with Crippen molar-refractivity contribution in [2.24, 2.45) is 0 Å². The van der Waals surface area contributed by atoms with Crippen molar-refractivity contribution in [2.75, 3.05) is 5.32 Å². The van der Waals surface area contributed by atoms with E-state index < -0.39 is 16.0 Å². The van der Waals surface area contributed by atoms with Gasteiger partial charge in [-0.3, -0.25) is 4.79 Å². The predicted molar refractivity (Wildman–Crippen MR) is 127 cm³/mol. The second-order valence-corrected chi connectivity index (χ2v) is 9.51. The lowest BCUT2D eigenvalue weighted by molar-refractivity contribution is -0.112.